The fourth-order valence-electron chi connectivity index (χ4n) is 4.04. The lowest BCUT2D eigenvalue weighted by Crippen LogP contribution is -2.37. The number of carbonyl (C=O) groups excluding carboxylic acids is 1. The topological polar surface area (TPSA) is 89.5 Å². The minimum atomic E-state index is -0.487. The maximum absolute atomic E-state index is 12.6. The van der Waals surface area contributed by atoms with E-state index < -0.39 is 5.92 Å². The van der Waals surface area contributed by atoms with E-state index in [1.165, 1.54) is 6.33 Å². The number of halogens is 1. The van der Waals surface area contributed by atoms with Gasteiger partial charge in [-0.2, -0.15) is 0 Å². The van der Waals surface area contributed by atoms with Crippen LogP contribution in [0.2, 0.25) is 0 Å². The van der Waals surface area contributed by atoms with Crippen LogP contribution in [0.4, 0.5) is 5.82 Å². The van der Waals surface area contributed by atoms with Gasteiger partial charge in [0.2, 0.25) is 5.91 Å². The lowest BCUT2D eigenvalue weighted by atomic mass is 9.95. The highest BCUT2D eigenvalue weighted by Crippen LogP contribution is 2.37. The van der Waals surface area contributed by atoms with Gasteiger partial charge in [0.05, 0.1) is 31.0 Å². The number of aromatic nitrogens is 3. The van der Waals surface area contributed by atoms with Gasteiger partial charge >= 0.3 is 0 Å². The fraction of sp³-hybridized carbons (Fsp3) is 0.364. The van der Waals surface area contributed by atoms with Crippen LogP contribution < -0.4 is 10.1 Å². The minimum Gasteiger partial charge on any atom is -0.493 e. The number of morpholine rings is 1. The van der Waals surface area contributed by atoms with Crippen LogP contribution in [0.1, 0.15) is 23.6 Å². The maximum Gasteiger partial charge on any atom is 0.239 e. The summed E-state index contributed by atoms with van der Waals surface area (Å²) in [6, 6.07) is 9.50. The summed E-state index contributed by atoms with van der Waals surface area (Å²) in [6.07, 6.45) is 4.13. The monoisotopic (exact) mass is 441 g/mol. The smallest absolute Gasteiger partial charge is 0.239 e. The number of benzene rings is 1. The number of amides is 1. The van der Waals surface area contributed by atoms with Crippen molar-refractivity contribution in [1.29, 1.82) is 0 Å². The van der Waals surface area contributed by atoms with E-state index in [0.717, 1.165) is 61.5 Å². The van der Waals surface area contributed by atoms with E-state index in [9.17, 15) is 4.79 Å². The van der Waals surface area contributed by atoms with Crippen LogP contribution >= 0.6 is 12.4 Å². The first-order valence-corrected chi connectivity index (χ1v) is 10.2. The number of anilines is 1. The van der Waals surface area contributed by atoms with Crippen LogP contribution in [0.3, 0.4) is 0 Å². The molecule has 1 fully saturated rings. The number of ether oxygens (including phenoxy) is 2. The molecule has 0 spiro atoms. The van der Waals surface area contributed by atoms with Gasteiger partial charge in [0, 0.05) is 42.8 Å². The molecule has 8 nitrogen and oxygen atoms in total. The van der Waals surface area contributed by atoms with Crippen LogP contribution in [0.15, 0.2) is 42.9 Å². The van der Waals surface area contributed by atoms with Crippen molar-refractivity contribution in [3.63, 3.8) is 0 Å². The van der Waals surface area contributed by atoms with Crippen LogP contribution in [-0.4, -0.2) is 65.2 Å². The summed E-state index contributed by atoms with van der Waals surface area (Å²) >= 11 is 0. The van der Waals surface area contributed by atoms with E-state index in [1.807, 2.05) is 30.3 Å². The number of fused-ring (bicyclic) bond motifs is 2. The highest BCUT2D eigenvalue weighted by Gasteiger charge is 2.34. The van der Waals surface area contributed by atoms with Gasteiger partial charge in [0.15, 0.2) is 0 Å². The Bertz CT molecular complexity index is 1070. The highest BCUT2D eigenvalue weighted by atomic mass is 35.5. The van der Waals surface area contributed by atoms with Gasteiger partial charge in [0.25, 0.3) is 0 Å². The Morgan fingerprint density at radius 1 is 1.16 bits per heavy atom. The molecule has 0 radical (unpaired) electrons. The summed E-state index contributed by atoms with van der Waals surface area (Å²) in [5.74, 6) is 0.762. The van der Waals surface area contributed by atoms with Crippen LogP contribution in [-0.2, 0) is 9.53 Å². The van der Waals surface area contributed by atoms with Crippen LogP contribution in [0.25, 0.3) is 10.9 Å². The average molecular weight is 442 g/mol. The third-order valence-electron chi connectivity index (χ3n) is 5.56. The zero-order valence-corrected chi connectivity index (χ0v) is 17.8. The van der Waals surface area contributed by atoms with E-state index in [2.05, 4.69) is 25.2 Å². The molecule has 1 N–H and O–H groups in total. The molecule has 1 saturated heterocycles. The third-order valence-corrected chi connectivity index (χ3v) is 5.56. The Morgan fingerprint density at radius 3 is 2.90 bits per heavy atom. The summed E-state index contributed by atoms with van der Waals surface area (Å²) in [5, 5.41) is 3.68. The summed E-state index contributed by atoms with van der Waals surface area (Å²) in [7, 11) is 0. The predicted octanol–water partition coefficient (Wildman–Crippen LogP) is 2.63. The van der Waals surface area contributed by atoms with Gasteiger partial charge in [-0.05, 0) is 24.6 Å². The van der Waals surface area contributed by atoms with Gasteiger partial charge < -0.3 is 14.8 Å². The summed E-state index contributed by atoms with van der Waals surface area (Å²) < 4.78 is 11.3. The number of nitrogens with one attached hydrogen (secondary N) is 1. The second-order valence-corrected chi connectivity index (χ2v) is 7.46. The number of hydrogen-bond acceptors (Lipinski definition) is 7. The molecule has 162 valence electrons. The SMILES string of the molecule is Cl.O=C1Nc2ncccc2C1c1ncnc2cc(OCCCN3CCOCC3)ccc12. The predicted molar refractivity (Wildman–Crippen MR) is 119 cm³/mol. The Kier molecular flexibility index (Phi) is 6.60. The van der Waals surface area contributed by atoms with Crippen LogP contribution in [0, 0.1) is 0 Å². The first-order valence-electron chi connectivity index (χ1n) is 10.2. The first-order chi connectivity index (χ1) is 14.8. The lowest BCUT2D eigenvalue weighted by molar-refractivity contribution is -0.116. The van der Waals surface area contributed by atoms with E-state index in [0.29, 0.717) is 18.1 Å². The molecule has 31 heavy (non-hydrogen) atoms. The molecular formula is C22H24ClN5O3. The molecule has 2 aliphatic heterocycles. The molecule has 0 saturated carbocycles. The van der Waals surface area contributed by atoms with Crippen LogP contribution in [0.5, 0.6) is 5.75 Å². The van der Waals surface area contributed by atoms with Crippen molar-refractivity contribution in [2.75, 3.05) is 44.8 Å². The number of carbonyl (C=O) groups is 1. The van der Waals surface area contributed by atoms with E-state index in [4.69, 9.17) is 9.47 Å². The lowest BCUT2D eigenvalue weighted by Gasteiger charge is -2.26. The highest BCUT2D eigenvalue weighted by molar-refractivity contribution is 6.05. The van der Waals surface area contributed by atoms with E-state index in [-0.39, 0.29) is 18.3 Å². The number of hydrogen-bond donors (Lipinski definition) is 1. The Morgan fingerprint density at radius 2 is 2.03 bits per heavy atom. The molecule has 0 bridgehead atoms. The molecule has 5 rings (SSSR count). The van der Waals surface area contributed by atoms with Crippen molar-refractivity contribution in [3.05, 3.63) is 54.1 Å². The van der Waals surface area contributed by atoms with Crippen molar-refractivity contribution < 1.29 is 14.3 Å². The minimum absolute atomic E-state index is 0. The quantitative estimate of drug-likeness (QED) is 0.588. The maximum atomic E-state index is 12.6. The Labute approximate surface area is 186 Å². The van der Waals surface area contributed by atoms with Crippen molar-refractivity contribution in [2.24, 2.45) is 0 Å². The number of nitrogens with zero attached hydrogens (tertiary/aromatic N) is 4. The van der Waals surface area contributed by atoms with Crippen molar-refractivity contribution in [1.82, 2.24) is 19.9 Å². The molecule has 0 aliphatic carbocycles. The normalized spacial score (nSPS) is 18.3. The molecule has 2 aliphatic rings. The van der Waals surface area contributed by atoms with Gasteiger partial charge in [-0.25, -0.2) is 15.0 Å². The number of pyridine rings is 1. The van der Waals surface area contributed by atoms with Gasteiger partial charge in [-0.15, -0.1) is 12.4 Å². The fourth-order valence-corrected chi connectivity index (χ4v) is 4.04. The molecule has 1 amide bonds. The Hall–Kier alpha value is -2.81. The molecular weight excluding hydrogens is 418 g/mol. The summed E-state index contributed by atoms with van der Waals surface area (Å²) in [5.41, 5.74) is 2.28. The second kappa shape index (κ2) is 9.55. The molecule has 4 heterocycles. The summed E-state index contributed by atoms with van der Waals surface area (Å²) in [4.78, 5) is 28.1. The standard InChI is InChI=1S/C22H23N5O3.ClH/c28-22-19(17-3-1-6-23-21(17)26-22)20-16-5-4-15(13-18(16)24-14-25-20)30-10-2-7-27-8-11-29-12-9-27;/h1,3-6,13-14,19H,2,7-12H2,(H,23,26,28);1H. The zero-order valence-electron chi connectivity index (χ0n) is 17.0. The molecule has 1 atom stereocenters. The number of rotatable bonds is 6. The van der Waals surface area contributed by atoms with Gasteiger partial charge in [0.1, 0.15) is 23.8 Å². The average Bonchev–Trinajstić information content (AvgIpc) is 3.12. The van der Waals surface area contributed by atoms with Crippen molar-refractivity contribution in [2.45, 2.75) is 12.3 Å². The molecule has 2 aromatic heterocycles. The second-order valence-electron chi connectivity index (χ2n) is 7.46. The molecule has 3 aromatic rings. The zero-order chi connectivity index (χ0) is 20.3. The molecule has 1 aromatic carbocycles. The van der Waals surface area contributed by atoms with Gasteiger partial charge in [-0.1, -0.05) is 6.07 Å². The summed E-state index contributed by atoms with van der Waals surface area (Å²) in [6.45, 7) is 5.25. The first kappa shape index (κ1) is 21.4. The van der Waals surface area contributed by atoms with Gasteiger partial charge in [-0.3, -0.25) is 9.69 Å². The van der Waals surface area contributed by atoms with Crippen molar-refractivity contribution >= 4 is 35.0 Å². The molecule has 9 heteroatoms. The third kappa shape index (κ3) is 4.46. The van der Waals surface area contributed by atoms with E-state index >= 15 is 0 Å². The largest absolute Gasteiger partial charge is 0.493 e. The van der Waals surface area contributed by atoms with Crippen molar-refractivity contribution in [3.8, 4) is 5.75 Å². The van der Waals surface area contributed by atoms with E-state index in [1.54, 1.807) is 6.20 Å². The Balaban J connectivity index is 0.00000231. The molecule has 1 unspecified atom stereocenters.